The summed E-state index contributed by atoms with van der Waals surface area (Å²) in [4.78, 5) is 38.0. The van der Waals surface area contributed by atoms with E-state index in [-0.39, 0.29) is 36.9 Å². The second-order valence-corrected chi connectivity index (χ2v) is 11.3. The fraction of sp³-hybridized carbons (Fsp3) is 0.139. The van der Waals surface area contributed by atoms with Gasteiger partial charge in [-0.15, -0.1) is 11.3 Å². The first-order valence-corrected chi connectivity index (χ1v) is 15.3. The Morgan fingerprint density at radius 2 is 1.43 bits per heavy atom. The first-order valence-electron chi connectivity index (χ1n) is 14.5. The van der Waals surface area contributed by atoms with Crippen LogP contribution in [0.4, 0.5) is 4.39 Å². The van der Waals surface area contributed by atoms with E-state index in [1.165, 1.54) is 41.7 Å². The molecular formula is C36H31FN2O6S. The molecule has 2 amide bonds. The molecule has 234 valence electrons. The number of halogens is 1. The van der Waals surface area contributed by atoms with Crippen molar-refractivity contribution in [3.05, 3.63) is 142 Å². The summed E-state index contributed by atoms with van der Waals surface area (Å²) in [5, 5.41) is 16.9. The Hall–Kier alpha value is -5.48. The van der Waals surface area contributed by atoms with Crippen LogP contribution >= 0.6 is 11.3 Å². The van der Waals surface area contributed by atoms with Gasteiger partial charge in [-0.2, -0.15) is 0 Å². The number of rotatable bonds is 14. The van der Waals surface area contributed by atoms with E-state index in [0.717, 1.165) is 21.6 Å². The van der Waals surface area contributed by atoms with Crippen molar-refractivity contribution in [2.45, 2.75) is 25.6 Å². The number of ether oxygens (including phenoxy) is 2. The highest BCUT2D eigenvalue weighted by Crippen LogP contribution is 2.30. The number of amides is 2. The highest BCUT2D eigenvalue weighted by atomic mass is 32.1. The van der Waals surface area contributed by atoms with E-state index in [0.29, 0.717) is 23.7 Å². The Morgan fingerprint density at radius 3 is 2.15 bits per heavy atom. The number of thiophene rings is 1. The maximum Gasteiger partial charge on any atom is 0.326 e. The monoisotopic (exact) mass is 638 g/mol. The van der Waals surface area contributed by atoms with Gasteiger partial charge in [0.2, 0.25) is 0 Å². The van der Waals surface area contributed by atoms with Crippen molar-refractivity contribution in [2.75, 3.05) is 6.61 Å². The maximum atomic E-state index is 14.2. The van der Waals surface area contributed by atoms with Crippen LogP contribution in [-0.4, -0.2) is 35.5 Å². The quantitative estimate of drug-likeness (QED) is 0.132. The number of carbonyl (C=O) groups excluding carboxylic acids is 2. The second kappa shape index (κ2) is 15.5. The molecule has 0 bridgehead atoms. The predicted molar refractivity (Wildman–Crippen MR) is 173 cm³/mol. The summed E-state index contributed by atoms with van der Waals surface area (Å²) >= 11 is 1.42. The predicted octanol–water partition coefficient (Wildman–Crippen LogP) is 6.25. The van der Waals surface area contributed by atoms with Crippen molar-refractivity contribution >= 4 is 29.1 Å². The van der Waals surface area contributed by atoms with Crippen molar-refractivity contribution in [2.24, 2.45) is 0 Å². The first-order chi connectivity index (χ1) is 22.4. The lowest BCUT2D eigenvalue weighted by Gasteiger charge is -2.15. The molecule has 3 N–H and O–H groups in total. The molecule has 1 heterocycles. The van der Waals surface area contributed by atoms with E-state index >= 15 is 0 Å². The van der Waals surface area contributed by atoms with Crippen LogP contribution in [-0.2, 0) is 29.2 Å². The Balaban J connectivity index is 1.08. The number of carbonyl (C=O) groups is 3. The van der Waals surface area contributed by atoms with Gasteiger partial charge >= 0.3 is 5.97 Å². The molecule has 0 fully saturated rings. The van der Waals surface area contributed by atoms with Gasteiger partial charge in [0.05, 0.1) is 6.54 Å². The summed E-state index contributed by atoms with van der Waals surface area (Å²) in [5.41, 5.74) is 3.20. The van der Waals surface area contributed by atoms with Gasteiger partial charge in [0, 0.05) is 28.0 Å². The van der Waals surface area contributed by atoms with E-state index < -0.39 is 17.9 Å². The van der Waals surface area contributed by atoms with Crippen LogP contribution in [0.25, 0.3) is 11.1 Å². The van der Waals surface area contributed by atoms with E-state index in [4.69, 9.17) is 9.47 Å². The molecule has 1 aromatic heterocycles. The van der Waals surface area contributed by atoms with Gasteiger partial charge in [-0.05, 0) is 65.0 Å². The van der Waals surface area contributed by atoms with Crippen LogP contribution in [0, 0.1) is 5.82 Å². The van der Waals surface area contributed by atoms with Gasteiger partial charge in [-0.25, -0.2) is 9.18 Å². The molecule has 0 spiro atoms. The summed E-state index contributed by atoms with van der Waals surface area (Å²) in [6.45, 7) is 0.377. The summed E-state index contributed by atoms with van der Waals surface area (Å²) in [6, 6.07) is 30.0. The van der Waals surface area contributed by atoms with Gasteiger partial charge in [-0.1, -0.05) is 60.7 Å². The van der Waals surface area contributed by atoms with E-state index in [1.807, 2.05) is 41.8 Å². The molecule has 46 heavy (non-hydrogen) atoms. The van der Waals surface area contributed by atoms with Gasteiger partial charge in [-0.3, -0.25) is 9.59 Å². The molecule has 10 heteroatoms. The topological polar surface area (TPSA) is 114 Å². The standard InChI is InChI=1S/C36H31FN2O6S/c37-31-9-5-4-8-29(31)30-18-19-46-33(30)21-38-34(40)23-45-28-16-12-26(13-17-28)35(41)39-32(36(42)43)20-24-10-14-27(15-11-24)44-22-25-6-2-1-3-7-25/h1-19,32H,20-23H2,(H,38,40)(H,39,41)(H,42,43). The molecule has 0 aliphatic heterocycles. The van der Waals surface area contributed by atoms with Crippen LogP contribution in [0.5, 0.6) is 11.5 Å². The number of hydrogen-bond donors (Lipinski definition) is 3. The lowest BCUT2D eigenvalue weighted by molar-refractivity contribution is -0.139. The molecule has 4 aromatic carbocycles. The molecule has 0 saturated carbocycles. The largest absolute Gasteiger partial charge is 0.489 e. The molecule has 5 rings (SSSR count). The molecule has 1 atom stereocenters. The number of nitrogens with one attached hydrogen (secondary N) is 2. The summed E-state index contributed by atoms with van der Waals surface area (Å²) in [7, 11) is 0. The molecule has 0 aliphatic carbocycles. The van der Waals surface area contributed by atoms with Crippen molar-refractivity contribution < 1.29 is 33.4 Å². The second-order valence-electron chi connectivity index (χ2n) is 10.3. The molecule has 8 nitrogen and oxygen atoms in total. The average Bonchev–Trinajstić information content (AvgIpc) is 3.55. The molecule has 5 aromatic rings. The van der Waals surface area contributed by atoms with Gasteiger partial charge < -0.3 is 25.2 Å². The molecule has 0 radical (unpaired) electrons. The van der Waals surface area contributed by atoms with Crippen LogP contribution in [0.2, 0.25) is 0 Å². The number of carboxylic acids is 1. The minimum Gasteiger partial charge on any atom is -0.489 e. The van der Waals surface area contributed by atoms with Gasteiger partial charge in [0.15, 0.2) is 6.61 Å². The van der Waals surface area contributed by atoms with Crippen molar-refractivity contribution in [1.82, 2.24) is 10.6 Å². The summed E-state index contributed by atoms with van der Waals surface area (Å²) in [6.07, 6.45) is 0.0869. The van der Waals surface area contributed by atoms with E-state index in [9.17, 15) is 23.9 Å². The molecular weight excluding hydrogens is 607 g/mol. The SMILES string of the molecule is O=C(COc1ccc(C(=O)NC(Cc2ccc(OCc3ccccc3)cc2)C(=O)O)cc1)NCc1sccc1-c1ccccc1F. The lowest BCUT2D eigenvalue weighted by atomic mass is 10.1. The van der Waals surface area contributed by atoms with Crippen molar-refractivity contribution in [3.8, 4) is 22.6 Å². The van der Waals surface area contributed by atoms with Crippen molar-refractivity contribution in [3.63, 3.8) is 0 Å². The van der Waals surface area contributed by atoms with Crippen LogP contribution in [0.1, 0.15) is 26.4 Å². The molecule has 0 saturated heterocycles. The highest BCUT2D eigenvalue weighted by Gasteiger charge is 2.21. The normalized spacial score (nSPS) is 11.3. The minimum absolute atomic E-state index is 0.0869. The lowest BCUT2D eigenvalue weighted by Crippen LogP contribution is -2.42. The third-order valence-corrected chi connectivity index (χ3v) is 7.98. The Morgan fingerprint density at radius 1 is 0.761 bits per heavy atom. The van der Waals surface area contributed by atoms with E-state index in [2.05, 4.69) is 10.6 Å². The Bertz CT molecular complexity index is 1770. The third-order valence-electron chi connectivity index (χ3n) is 7.06. The van der Waals surface area contributed by atoms with E-state index in [1.54, 1.807) is 42.5 Å². The summed E-state index contributed by atoms with van der Waals surface area (Å²) < 4.78 is 25.6. The smallest absolute Gasteiger partial charge is 0.326 e. The van der Waals surface area contributed by atoms with Crippen molar-refractivity contribution in [1.29, 1.82) is 0 Å². The first kappa shape index (κ1) is 31.9. The maximum absolute atomic E-state index is 14.2. The Labute approximate surface area is 269 Å². The number of hydrogen-bond acceptors (Lipinski definition) is 6. The zero-order valence-corrected chi connectivity index (χ0v) is 25.5. The number of aliphatic carboxylic acids is 1. The molecule has 0 aliphatic rings. The Kier molecular flexibility index (Phi) is 10.8. The third kappa shape index (κ3) is 8.80. The fourth-order valence-corrected chi connectivity index (χ4v) is 5.45. The number of carboxylic acid groups (broad SMARTS) is 1. The van der Waals surface area contributed by atoms with Crippen LogP contribution in [0.15, 0.2) is 115 Å². The average molecular weight is 639 g/mol. The van der Waals surface area contributed by atoms with Crippen LogP contribution < -0.4 is 20.1 Å². The summed E-state index contributed by atoms with van der Waals surface area (Å²) in [5.74, 6) is -1.40. The zero-order valence-electron chi connectivity index (χ0n) is 24.7. The fourth-order valence-electron chi connectivity index (χ4n) is 4.62. The van der Waals surface area contributed by atoms with Gasteiger partial charge in [0.25, 0.3) is 11.8 Å². The number of benzene rings is 4. The molecule has 1 unspecified atom stereocenters. The van der Waals surface area contributed by atoms with Crippen LogP contribution in [0.3, 0.4) is 0 Å². The zero-order chi connectivity index (χ0) is 32.3. The van der Waals surface area contributed by atoms with Gasteiger partial charge in [0.1, 0.15) is 30.0 Å². The minimum atomic E-state index is -1.16. The highest BCUT2D eigenvalue weighted by molar-refractivity contribution is 7.10.